The van der Waals surface area contributed by atoms with Crippen molar-refractivity contribution in [2.75, 3.05) is 10.6 Å². The highest BCUT2D eigenvalue weighted by atomic mass is 32.1. The van der Waals surface area contributed by atoms with Gasteiger partial charge in [0.2, 0.25) is 11.8 Å². The van der Waals surface area contributed by atoms with Crippen LogP contribution in [0.5, 0.6) is 0 Å². The van der Waals surface area contributed by atoms with E-state index in [9.17, 15) is 9.59 Å². The Labute approximate surface area is 178 Å². The Balaban J connectivity index is 1.26. The number of carbonyl (C=O) groups is 2. The first kappa shape index (κ1) is 20.3. The fourth-order valence-electron chi connectivity index (χ4n) is 6.27. The average molecular weight is 414 g/mol. The second-order valence-corrected chi connectivity index (χ2v) is 9.88. The number of anilines is 2. The number of benzene rings is 1. The van der Waals surface area contributed by atoms with Crippen molar-refractivity contribution in [3.05, 3.63) is 24.3 Å². The van der Waals surface area contributed by atoms with Crippen molar-refractivity contribution in [2.24, 2.45) is 23.2 Å². The average Bonchev–Trinajstić information content (AvgIpc) is 2.61. The Bertz CT molecular complexity index is 755. The monoisotopic (exact) mass is 413 g/mol. The summed E-state index contributed by atoms with van der Waals surface area (Å²) < 4.78 is 0. The SMILES string of the molecule is CCCC(=O)Nc1ccc(NC(=S)NC(=O)CC23CC4CC(CC(C4)C2)C3)cc1. The summed E-state index contributed by atoms with van der Waals surface area (Å²) in [6.45, 7) is 1.98. The minimum absolute atomic E-state index is 0.0145. The minimum atomic E-state index is 0.0145. The van der Waals surface area contributed by atoms with E-state index in [4.69, 9.17) is 12.2 Å². The van der Waals surface area contributed by atoms with E-state index in [1.54, 1.807) is 0 Å². The molecule has 0 atom stereocenters. The highest BCUT2D eigenvalue weighted by molar-refractivity contribution is 7.80. The summed E-state index contributed by atoms with van der Waals surface area (Å²) in [6.07, 6.45) is 9.75. The highest BCUT2D eigenvalue weighted by Crippen LogP contribution is 2.61. The van der Waals surface area contributed by atoms with Gasteiger partial charge in [-0.2, -0.15) is 0 Å². The van der Waals surface area contributed by atoms with Crippen LogP contribution in [0.2, 0.25) is 0 Å². The van der Waals surface area contributed by atoms with Crippen LogP contribution in [0.15, 0.2) is 24.3 Å². The molecule has 5 nitrogen and oxygen atoms in total. The molecule has 4 aliphatic carbocycles. The number of thiocarbonyl (C=S) groups is 1. The van der Waals surface area contributed by atoms with Gasteiger partial charge in [0.1, 0.15) is 0 Å². The zero-order chi connectivity index (χ0) is 20.4. The highest BCUT2D eigenvalue weighted by Gasteiger charge is 2.51. The molecule has 6 heteroatoms. The van der Waals surface area contributed by atoms with Crippen molar-refractivity contribution >= 4 is 40.5 Å². The molecule has 1 aromatic rings. The van der Waals surface area contributed by atoms with Gasteiger partial charge in [0.05, 0.1) is 0 Å². The molecular formula is C23H31N3O2S. The second kappa shape index (κ2) is 8.42. The van der Waals surface area contributed by atoms with Crippen LogP contribution < -0.4 is 16.0 Å². The number of rotatable bonds is 6. The maximum Gasteiger partial charge on any atom is 0.226 e. The van der Waals surface area contributed by atoms with Gasteiger partial charge in [-0.05, 0) is 105 Å². The topological polar surface area (TPSA) is 70.2 Å². The van der Waals surface area contributed by atoms with Crippen LogP contribution in [0.25, 0.3) is 0 Å². The molecular weight excluding hydrogens is 382 g/mol. The third-order valence-corrected chi connectivity index (χ3v) is 7.06. The lowest BCUT2D eigenvalue weighted by Gasteiger charge is -2.56. The molecule has 0 aromatic heterocycles. The Hall–Kier alpha value is -1.95. The molecule has 5 rings (SSSR count). The lowest BCUT2D eigenvalue weighted by Crippen LogP contribution is -2.48. The molecule has 3 N–H and O–H groups in total. The molecule has 4 aliphatic rings. The number of carbonyl (C=O) groups excluding carboxylic acids is 2. The Morgan fingerprint density at radius 2 is 1.45 bits per heavy atom. The summed E-state index contributed by atoms with van der Waals surface area (Å²) in [5, 5.41) is 9.15. The molecule has 0 saturated heterocycles. The van der Waals surface area contributed by atoms with Crippen LogP contribution in [-0.4, -0.2) is 16.9 Å². The Morgan fingerprint density at radius 3 is 1.97 bits per heavy atom. The first-order valence-corrected chi connectivity index (χ1v) is 11.3. The summed E-state index contributed by atoms with van der Waals surface area (Å²) >= 11 is 5.35. The number of hydrogen-bond donors (Lipinski definition) is 3. The molecule has 0 heterocycles. The molecule has 0 aliphatic heterocycles. The van der Waals surface area contributed by atoms with Gasteiger partial charge in [-0.25, -0.2) is 0 Å². The van der Waals surface area contributed by atoms with E-state index in [2.05, 4.69) is 16.0 Å². The van der Waals surface area contributed by atoms with Gasteiger partial charge in [-0.3, -0.25) is 9.59 Å². The van der Waals surface area contributed by atoms with Crippen LogP contribution in [0.4, 0.5) is 11.4 Å². The summed E-state index contributed by atoms with van der Waals surface area (Å²) in [5.74, 6) is 2.58. The van der Waals surface area contributed by atoms with E-state index in [0.717, 1.165) is 35.5 Å². The molecule has 1 aromatic carbocycles. The molecule has 29 heavy (non-hydrogen) atoms. The van der Waals surface area contributed by atoms with E-state index >= 15 is 0 Å². The number of hydrogen-bond acceptors (Lipinski definition) is 3. The van der Waals surface area contributed by atoms with Crippen molar-refractivity contribution in [2.45, 2.75) is 64.7 Å². The van der Waals surface area contributed by atoms with Crippen LogP contribution in [0.1, 0.15) is 64.7 Å². The lowest BCUT2D eigenvalue weighted by molar-refractivity contribution is -0.128. The standard InChI is InChI=1S/C23H31N3O2S/c1-2-3-20(27)24-18-4-6-19(7-5-18)25-22(29)26-21(28)14-23-11-15-8-16(12-23)10-17(9-15)13-23/h4-7,15-17H,2-3,8-14H2,1H3,(H,24,27)(H2,25,26,28,29). The van der Waals surface area contributed by atoms with Gasteiger partial charge in [-0.1, -0.05) is 6.92 Å². The smallest absolute Gasteiger partial charge is 0.226 e. The molecule has 2 amide bonds. The van der Waals surface area contributed by atoms with Crippen molar-refractivity contribution in [3.8, 4) is 0 Å². The minimum Gasteiger partial charge on any atom is -0.332 e. The van der Waals surface area contributed by atoms with Gasteiger partial charge >= 0.3 is 0 Å². The van der Waals surface area contributed by atoms with Crippen molar-refractivity contribution in [1.29, 1.82) is 0 Å². The molecule has 4 saturated carbocycles. The van der Waals surface area contributed by atoms with Crippen LogP contribution in [0, 0.1) is 23.2 Å². The number of nitrogens with one attached hydrogen (secondary N) is 3. The summed E-state index contributed by atoms with van der Waals surface area (Å²) in [6, 6.07) is 7.35. The van der Waals surface area contributed by atoms with E-state index in [0.29, 0.717) is 18.0 Å². The zero-order valence-corrected chi connectivity index (χ0v) is 17.9. The third-order valence-electron chi connectivity index (χ3n) is 6.86. The molecule has 4 fully saturated rings. The first-order valence-electron chi connectivity index (χ1n) is 10.9. The normalized spacial score (nSPS) is 29.3. The fraction of sp³-hybridized carbons (Fsp3) is 0.609. The van der Waals surface area contributed by atoms with Gasteiger partial charge in [0, 0.05) is 24.2 Å². The first-order chi connectivity index (χ1) is 13.9. The van der Waals surface area contributed by atoms with Crippen LogP contribution in [0.3, 0.4) is 0 Å². The fourth-order valence-corrected chi connectivity index (χ4v) is 6.50. The summed E-state index contributed by atoms with van der Waals surface area (Å²) in [7, 11) is 0. The lowest BCUT2D eigenvalue weighted by atomic mass is 9.49. The predicted molar refractivity (Wildman–Crippen MR) is 120 cm³/mol. The second-order valence-electron chi connectivity index (χ2n) is 9.47. The molecule has 0 unspecified atom stereocenters. The van der Waals surface area contributed by atoms with E-state index < -0.39 is 0 Å². The quantitative estimate of drug-likeness (QED) is 0.584. The van der Waals surface area contributed by atoms with Crippen LogP contribution in [-0.2, 0) is 9.59 Å². The van der Waals surface area contributed by atoms with Crippen molar-refractivity contribution in [3.63, 3.8) is 0 Å². The molecule has 0 spiro atoms. The predicted octanol–water partition coefficient (Wildman–Crippen LogP) is 4.84. The molecule has 4 bridgehead atoms. The summed E-state index contributed by atoms with van der Waals surface area (Å²) in [5.41, 5.74) is 1.76. The van der Waals surface area contributed by atoms with Crippen molar-refractivity contribution in [1.82, 2.24) is 5.32 Å². The Morgan fingerprint density at radius 1 is 0.931 bits per heavy atom. The number of amides is 2. The van der Waals surface area contributed by atoms with E-state index in [1.807, 2.05) is 31.2 Å². The largest absolute Gasteiger partial charge is 0.332 e. The molecule has 0 radical (unpaired) electrons. The van der Waals surface area contributed by atoms with E-state index in [-0.39, 0.29) is 17.2 Å². The van der Waals surface area contributed by atoms with Crippen molar-refractivity contribution < 1.29 is 9.59 Å². The van der Waals surface area contributed by atoms with Gasteiger partial charge in [0.15, 0.2) is 5.11 Å². The zero-order valence-electron chi connectivity index (χ0n) is 17.1. The third kappa shape index (κ3) is 4.97. The van der Waals surface area contributed by atoms with Gasteiger partial charge in [0.25, 0.3) is 0 Å². The molecule has 156 valence electrons. The van der Waals surface area contributed by atoms with E-state index in [1.165, 1.54) is 38.5 Å². The maximum absolute atomic E-state index is 12.7. The van der Waals surface area contributed by atoms with Crippen LogP contribution >= 0.6 is 12.2 Å². The Kier molecular flexibility index (Phi) is 5.91. The van der Waals surface area contributed by atoms with Gasteiger partial charge in [-0.15, -0.1) is 0 Å². The maximum atomic E-state index is 12.7. The van der Waals surface area contributed by atoms with Gasteiger partial charge < -0.3 is 16.0 Å². The summed E-state index contributed by atoms with van der Waals surface area (Å²) in [4.78, 5) is 24.3.